The van der Waals surface area contributed by atoms with Gasteiger partial charge < -0.3 is 10.1 Å². The Balaban J connectivity index is 2.12. The van der Waals surface area contributed by atoms with E-state index in [0.29, 0.717) is 12.3 Å². The van der Waals surface area contributed by atoms with Crippen molar-refractivity contribution in [2.24, 2.45) is 5.92 Å². The first-order valence-corrected chi connectivity index (χ1v) is 8.20. The van der Waals surface area contributed by atoms with Crippen LogP contribution in [0.5, 0.6) is 0 Å². The maximum Gasteiger partial charge on any atom is 0.126 e. The number of hydrogen-bond acceptors (Lipinski definition) is 2. The second-order valence-corrected chi connectivity index (χ2v) is 6.52. The molecule has 2 nitrogen and oxygen atoms in total. The number of nitrogens with one attached hydrogen (secondary N) is 1. The number of ether oxygens (including phenoxy) is 1. The SMILES string of the molecule is CCCNC(Cc1cc(Br)ccc1F)C1OCCC1C. The second-order valence-electron chi connectivity index (χ2n) is 5.60. The minimum absolute atomic E-state index is 0.137. The Morgan fingerprint density at radius 2 is 2.30 bits per heavy atom. The molecule has 112 valence electrons. The summed E-state index contributed by atoms with van der Waals surface area (Å²) in [6, 6.07) is 5.31. The summed E-state index contributed by atoms with van der Waals surface area (Å²) in [5.41, 5.74) is 0.746. The van der Waals surface area contributed by atoms with E-state index in [-0.39, 0.29) is 18.0 Å². The highest BCUT2D eigenvalue weighted by atomic mass is 79.9. The van der Waals surface area contributed by atoms with E-state index >= 15 is 0 Å². The maximum absolute atomic E-state index is 13.9. The van der Waals surface area contributed by atoms with Crippen LogP contribution >= 0.6 is 15.9 Å². The molecule has 0 bridgehead atoms. The van der Waals surface area contributed by atoms with E-state index in [2.05, 4.69) is 35.1 Å². The summed E-state index contributed by atoms with van der Waals surface area (Å²) in [5.74, 6) is 0.390. The first-order valence-electron chi connectivity index (χ1n) is 7.40. The highest BCUT2D eigenvalue weighted by molar-refractivity contribution is 9.10. The van der Waals surface area contributed by atoms with Gasteiger partial charge in [0, 0.05) is 17.1 Å². The molecule has 0 radical (unpaired) electrons. The van der Waals surface area contributed by atoms with Gasteiger partial charge in [-0.2, -0.15) is 0 Å². The molecule has 3 atom stereocenters. The number of rotatable bonds is 6. The van der Waals surface area contributed by atoms with Crippen LogP contribution in [0.15, 0.2) is 22.7 Å². The molecule has 0 amide bonds. The monoisotopic (exact) mass is 343 g/mol. The van der Waals surface area contributed by atoms with E-state index in [4.69, 9.17) is 4.74 Å². The molecule has 20 heavy (non-hydrogen) atoms. The van der Waals surface area contributed by atoms with E-state index < -0.39 is 0 Å². The van der Waals surface area contributed by atoms with E-state index in [0.717, 1.165) is 36.0 Å². The predicted octanol–water partition coefficient (Wildman–Crippen LogP) is 3.92. The Kier molecular flexibility index (Phi) is 6.00. The fourth-order valence-electron chi connectivity index (χ4n) is 2.80. The lowest BCUT2D eigenvalue weighted by molar-refractivity contribution is 0.0608. The molecule has 1 saturated heterocycles. The number of benzene rings is 1. The summed E-state index contributed by atoms with van der Waals surface area (Å²) in [6.07, 6.45) is 3.01. The van der Waals surface area contributed by atoms with Gasteiger partial charge in [0.1, 0.15) is 5.82 Å². The third-order valence-corrected chi connectivity index (χ3v) is 4.44. The predicted molar refractivity (Wildman–Crippen MR) is 83.4 cm³/mol. The highest BCUT2D eigenvalue weighted by Crippen LogP contribution is 2.26. The van der Waals surface area contributed by atoms with Gasteiger partial charge in [-0.25, -0.2) is 4.39 Å². The molecule has 0 aliphatic carbocycles. The van der Waals surface area contributed by atoms with Gasteiger partial charge in [0.15, 0.2) is 0 Å². The average molecular weight is 344 g/mol. The third kappa shape index (κ3) is 4.03. The van der Waals surface area contributed by atoms with Crippen LogP contribution in [0.1, 0.15) is 32.3 Å². The van der Waals surface area contributed by atoms with Gasteiger partial charge in [-0.1, -0.05) is 29.8 Å². The van der Waals surface area contributed by atoms with Crippen molar-refractivity contribution < 1.29 is 9.13 Å². The molecule has 2 rings (SSSR count). The summed E-state index contributed by atoms with van der Waals surface area (Å²) >= 11 is 3.42. The average Bonchev–Trinajstić information content (AvgIpc) is 2.84. The summed E-state index contributed by atoms with van der Waals surface area (Å²) in [7, 11) is 0. The Bertz CT molecular complexity index is 440. The molecular weight excluding hydrogens is 321 g/mol. The van der Waals surface area contributed by atoms with Crippen LogP contribution in [0, 0.1) is 11.7 Å². The molecule has 1 aliphatic heterocycles. The maximum atomic E-state index is 13.9. The van der Waals surface area contributed by atoms with Crippen LogP contribution in [-0.2, 0) is 11.2 Å². The molecule has 1 N–H and O–H groups in total. The zero-order valence-corrected chi connectivity index (χ0v) is 13.7. The van der Waals surface area contributed by atoms with Gasteiger partial charge in [0.05, 0.1) is 6.10 Å². The van der Waals surface area contributed by atoms with E-state index in [1.807, 2.05) is 6.07 Å². The smallest absolute Gasteiger partial charge is 0.126 e. The lowest BCUT2D eigenvalue weighted by Gasteiger charge is -2.27. The zero-order chi connectivity index (χ0) is 14.5. The van der Waals surface area contributed by atoms with Gasteiger partial charge in [0.25, 0.3) is 0 Å². The van der Waals surface area contributed by atoms with Crippen LogP contribution < -0.4 is 5.32 Å². The van der Waals surface area contributed by atoms with Gasteiger partial charge in [-0.15, -0.1) is 0 Å². The van der Waals surface area contributed by atoms with E-state index in [1.165, 1.54) is 6.07 Å². The molecule has 1 aromatic rings. The molecule has 1 aliphatic rings. The molecule has 3 unspecified atom stereocenters. The minimum atomic E-state index is -0.137. The zero-order valence-electron chi connectivity index (χ0n) is 12.2. The molecular formula is C16H23BrFNO. The van der Waals surface area contributed by atoms with Gasteiger partial charge in [-0.3, -0.25) is 0 Å². The normalized spacial score (nSPS) is 24.0. The van der Waals surface area contributed by atoms with Gasteiger partial charge >= 0.3 is 0 Å². The summed E-state index contributed by atoms with van der Waals surface area (Å²) in [5, 5.41) is 3.53. The lowest BCUT2D eigenvalue weighted by Crippen LogP contribution is -2.44. The quantitative estimate of drug-likeness (QED) is 0.845. The summed E-state index contributed by atoms with van der Waals surface area (Å²) in [6.45, 7) is 6.11. The van der Waals surface area contributed by atoms with Crippen LogP contribution in [0.3, 0.4) is 0 Å². The van der Waals surface area contributed by atoms with Crippen molar-refractivity contribution in [1.82, 2.24) is 5.32 Å². The first-order chi connectivity index (χ1) is 9.61. The largest absolute Gasteiger partial charge is 0.376 e. The molecule has 0 aromatic heterocycles. The molecule has 4 heteroatoms. The number of hydrogen-bond donors (Lipinski definition) is 1. The van der Waals surface area contributed by atoms with Crippen LogP contribution in [0.2, 0.25) is 0 Å². The first kappa shape index (κ1) is 15.9. The van der Waals surface area contributed by atoms with Crippen molar-refractivity contribution in [2.75, 3.05) is 13.2 Å². The third-order valence-electron chi connectivity index (χ3n) is 3.95. The molecule has 0 spiro atoms. The van der Waals surface area contributed by atoms with Crippen LogP contribution in [0.4, 0.5) is 4.39 Å². The molecule has 1 aromatic carbocycles. The van der Waals surface area contributed by atoms with Crippen molar-refractivity contribution >= 4 is 15.9 Å². The molecule has 1 fully saturated rings. The Labute approximate surface area is 129 Å². The summed E-state index contributed by atoms with van der Waals surface area (Å²) < 4.78 is 20.7. The molecule has 0 saturated carbocycles. The Morgan fingerprint density at radius 1 is 1.50 bits per heavy atom. The fourth-order valence-corrected chi connectivity index (χ4v) is 3.21. The lowest BCUT2D eigenvalue weighted by atomic mass is 9.92. The van der Waals surface area contributed by atoms with Crippen molar-refractivity contribution in [3.05, 3.63) is 34.1 Å². The van der Waals surface area contributed by atoms with Crippen molar-refractivity contribution in [2.45, 2.75) is 45.3 Å². The van der Waals surface area contributed by atoms with Crippen molar-refractivity contribution in [1.29, 1.82) is 0 Å². The molecule has 1 heterocycles. The van der Waals surface area contributed by atoms with Gasteiger partial charge in [0.2, 0.25) is 0 Å². The van der Waals surface area contributed by atoms with E-state index in [9.17, 15) is 4.39 Å². The van der Waals surface area contributed by atoms with E-state index in [1.54, 1.807) is 6.07 Å². The van der Waals surface area contributed by atoms with Gasteiger partial charge in [-0.05, 0) is 55.5 Å². The second kappa shape index (κ2) is 7.53. The Morgan fingerprint density at radius 3 is 2.95 bits per heavy atom. The van der Waals surface area contributed by atoms with Crippen LogP contribution in [-0.4, -0.2) is 25.3 Å². The Hall–Kier alpha value is -0.450. The standard InChI is InChI=1S/C16H23BrFNO/c1-3-7-19-15(16-11(2)6-8-20-16)10-12-9-13(17)4-5-14(12)18/h4-5,9,11,15-16,19H,3,6-8,10H2,1-2H3. The minimum Gasteiger partial charge on any atom is -0.376 e. The van der Waals surface area contributed by atoms with Crippen molar-refractivity contribution in [3.8, 4) is 0 Å². The van der Waals surface area contributed by atoms with Crippen LogP contribution in [0.25, 0.3) is 0 Å². The summed E-state index contributed by atoms with van der Waals surface area (Å²) in [4.78, 5) is 0. The number of halogens is 2. The topological polar surface area (TPSA) is 21.3 Å². The van der Waals surface area contributed by atoms with Crippen molar-refractivity contribution in [3.63, 3.8) is 0 Å². The fraction of sp³-hybridized carbons (Fsp3) is 0.625. The highest BCUT2D eigenvalue weighted by Gasteiger charge is 2.32.